The monoisotopic (exact) mass is 418 g/mol. The standard InChI is InChI=1S/C25H23FN2O3/c1-30-23-9-5-7-19(25(23)31-2)20(21-15-27-22-8-4-3-6-18(21)22)14-24(29)28-17-12-10-16(26)11-13-17/h3-13,15,20,27H,14H2,1-2H3,(H,28,29)/t20-/m0/s1. The van der Waals surface area contributed by atoms with Crippen LogP contribution in [0.1, 0.15) is 23.5 Å². The number of hydrogen-bond acceptors (Lipinski definition) is 3. The molecule has 0 radical (unpaired) electrons. The van der Waals surface area contributed by atoms with Gasteiger partial charge in [-0.05, 0) is 42.0 Å². The lowest BCUT2D eigenvalue weighted by molar-refractivity contribution is -0.116. The maximum Gasteiger partial charge on any atom is 0.225 e. The first-order chi connectivity index (χ1) is 15.1. The van der Waals surface area contributed by atoms with Gasteiger partial charge in [0, 0.05) is 40.7 Å². The highest BCUT2D eigenvalue weighted by Crippen LogP contribution is 2.42. The number of methoxy groups -OCH3 is 2. The number of amides is 1. The maximum atomic E-state index is 13.2. The average Bonchev–Trinajstić information content (AvgIpc) is 3.22. The number of aromatic nitrogens is 1. The molecule has 0 bridgehead atoms. The molecule has 158 valence electrons. The van der Waals surface area contributed by atoms with Crippen molar-refractivity contribution >= 4 is 22.5 Å². The van der Waals surface area contributed by atoms with Crippen molar-refractivity contribution in [2.75, 3.05) is 19.5 Å². The SMILES string of the molecule is COc1cccc([C@H](CC(=O)Nc2ccc(F)cc2)c2c[nH]c3ccccc23)c1OC. The molecule has 6 heteroatoms. The van der Waals surface area contributed by atoms with Crippen molar-refractivity contribution in [1.29, 1.82) is 0 Å². The van der Waals surface area contributed by atoms with Crippen molar-refractivity contribution in [3.63, 3.8) is 0 Å². The van der Waals surface area contributed by atoms with Gasteiger partial charge in [-0.15, -0.1) is 0 Å². The number of carbonyl (C=O) groups is 1. The van der Waals surface area contributed by atoms with Crippen LogP contribution in [0.4, 0.5) is 10.1 Å². The third kappa shape index (κ3) is 4.23. The molecule has 0 aliphatic heterocycles. The molecule has 1 atom stereocenters. The number of hydrogen-bond donors (Lipinski definition) is 2. The van der Waals surface area contributed by atoms with E-state index in [9.17, 15) is 9.18 Å². The number of anilines is 1. The van der Waals surface area contributed by atoms with Crippen LogP contribution >= 0.6 is 0 Å². The summed E-state index contributed by atoms with van der Waals surface area (Å²) in [6, 6.07) is 19.3. The first kappa shape index (κ1) is 20.5. The van der Waals surface area contributed by atoms with Gasteiger partial charge in [-0.1, -0.05) is 30.3 Å². The van der Waals surface area contributed by atoms with Crippen molar-refractivity contribution in [3.8, 4) is 11.5 Å². The molecular weight excluding hydrogens is 395 g/mol. The summed E-state index contributed by atoms with van der Waals surface area (Å²) in [5.41, 5.74) is 3.36. The number of para-hydroxylation sites is 2. The second-order valence-electron chi connectivity index (χ2n) is 7.18. The van der Waals surface area contributed by atoms with Gasteiger partial charge in [0.1, 0.15) is 5.82 Å². The lowest BCUT2D eigenvalue weighted by Crippen LogP contribution is -2.17. The van der Waals surface area contributed by atoms with Crippen LogP contribution in [-0.4, -0.2) is 25.1 Å². The Morgan fingerprint density at radius 3 is 2.48 bits per heavy atom. The lowest BCUT2D eigenvalue weighted by Gasteiger charge is -2.21. The van der Waals surface area contributed by atoms with Crippen LogP contribution in [0.2, 0.25) is 0 Å². The molecule has 31 heavy (non-hydrogen) atoms. The third-order valence-electron chi connectivity index (χ3n) is 5.32. The van der Waals surface area contributed by atoms with Crippen LogP contribution in [0.25, 0.3) is 10.9 Å². The van der Waals surface area contributed by atoms with Crippen molar-refractivity contribution < 1.29 is 18.7 Å². The summed E-state index contributed by atoms with van der Waals surface area (Å²) in [6.45, 7) is 0. The molecular formula is C25H23FN2O3. The van der Waals surface area contributed by atoms with Crippen LogP contribution in [-0.2, 0) is 4.79 Å². The van der Waals surface area contributed by atoms with Crippen molar-refractivity contribution in [3.05, 3.63) is 89.9 Å². The zero-order valence-corrected chi connectivity index (χ0v) is 17.3. The van der Waals surface area contributed by atoms with Crippen LogP contribution in [0.5, 0.6) is 11.5 Å². The Morgan fingerprint density at radius 1 is 0.968 bits per heavy atom. The minimum Gasteiger partial charge on any atom is -0.493 e. The normalized spacial score (nSPS) is 11.8. The minimum absolute atomic E-state index is 0.169. The molecule has 1 amide bonds. The van der Waals surface area contributed by atoms with Gasteiger partial charge in [-0.3, -0.25) is 4.79 Å². The Labute approximate surface area is 179 Å². The lowest BCUT2D eigenvalue weighted by atomic mass is 9.87. The van der Waals surface area contributed by atoms with E-state index in [1.807, 2.05) is 48.7 Å². The summed E-state index contributed by atoms with van der Waals surface area (Å²) in [7, 11) is 3.18. The van der Waals surface area contributed by atoms with E-state index in [2.05, 4.69) is 10.3 Å². The third-order valence-corrected chi connectivity index (χ3v) is 5.32. The Hall–Kier alpha value is -3.80. The Kier molecular flexibility index (Phi) is 5.89. The molecule has 1 heterocycles. The van der Waals surface area contributed by atoms with Gasteiger partial charge in [0.05, 0.1) is 14.2 Å². The number of aromatic amines is 1. The molecule has 0 saturated carbocycles. The van der Waals surface area contributed by atoms with Crippen molar-refractivity contribution in [2.24, 2.45) is 0 Å². The molecule has 0 aliphatic carbocycles. The molecule has 0 spiro atoms. The highest BCUT2D eigenvalue weighted by Gasteiger charge is 2.26. The van der Waals surface area contributed by atoms with E-state index in [1.165, 1.54) is 12.1 Å². The quantitative estimate of drug-likeness (QED) is 0.417. The number of H-pyrrole nitrogens is 1. The van der Waals surface area contributed by atoms with Gasteiger partial charge < -0.3 is 19.8 Å². The zero-order valence-electron chi connectivity index (χ0n) is 17.3. The molecule has 0 fully saturated rings. The maximum absolute atomic E-state index is 13.2. The number of ether oxygens (including phenoxy) is 2. The molecule has 5 nitrogen and oxygen atoms in total. The molecule has 0 aliphatic rings. The van der Waals surface area contributed by atoms with E-state index >= 15 is 0 Å². The molecule has 2 N–H and O–H groups in total. The summed E-state index contributed by atoms with van der Waals surface area (Å²) in [5.74, 6) is 0.364. The van der Waals surface area contributed by atoms with Crippen LogP contribution in [0.3, 0.4) is 0 Å². The van der Waals surface area contributed by atoms with Crippen LogP contribution in [0.15, 0.2) is 72.9 Å². The number of halogens is 1. The number of benzene rings is 3. The number of fused-ring (bicyclic) bond motifs is 1. The van der Waals surface area contributed by atoms with Gasteiger partial charge in [0.15, 0.2) is 11.5 Å². The van der Waals surface area contributed by atoms with E-state index in [1.54, 1.807) is 26.4 Å². The highest BCUT2D eigenvalue weighted by atomic mass is 19.1. The van der Waals surface area contributed by atoms with E-state index in [0.29, 0.717) is 17.2 Å². The number of carbonyl (C=O) groups excluding carboxylic acids is 1. The average molecular weight is 418 g/mol. The zero-order chi connectivity index (χ0) is 21.8. The van der Waals surface area contributed by atoms with Crippen molar-refractivity contribution in [1.82, 2.24) is 4.98 Å². The van der Waals surface area contributed by atoms with Crippen molar-refractivity contribution in [2.45, 2.75) is 12.3 Å². The first-order valence-corrected chi connectivity index (χ1v) is 9.93. The van der Waals surface area contributed by atoms with Gasteiger partial charge in [-0.2, -0.15) is 0 Å². The summed E-state index contributed by atoms with van der Waals surface area (Å²) < 4.78 is 24.3. The fraction of sp³-hybridized carbons (Fsp3) is 0.160. The van der Waals surface area contributed by atoms with E-state index in [4.69, 9.17) is 9.47 Å². The summed E-state index contributed by atoms with van der Waals surface area (Å²) in [6.07, 6.45) is 2.10. The summed E-state index contributed by atoms with van der Waals surface area (Å²) in [5, 5.41) is 3.89. The topological polar surface area (TPSA) is 63.3 Å². The molecule has 1 aromatic heterocycles. The molecule has 0 unspecified atom stereocenters. The van der Waals surface area contributed by atoms with Gasteiger partial charge in [0.25, 0.3) is 0 Å². The number of rotatable bonds is 7. The summed E-state index contributed by atoms with van der Waals surface area (Å²) >= 11 is 0. The minimum atomic E-state index is -0.351. The molecule has 4 aromatic rings. The Balaban J connectivity index is 1.75. The first-order valence-electron chi connectivity index (χ1n) is 9.93. The van der Waals surface area contributed by atoms with Crippen LogP contribution < -0.4 is 14.8 Å². The van der Waals surface area contributed by atoms with E-state index in [0.717, 1.165) is 22.0 Å². The smallest absolute Gasteiger partial charge is 0.225 e. The predicted octanol–water partition coefficient (Wildman–Crippen LogP) is 5.48. The fourth-order valence-corrected chi connectivity index (χ4v) is 3.89. The van der Waals surface area contributed by atoms with Gasteiger partial charge in [-0.25, -0.2) is 4.39 Å². The van der Waals surface area contributed by atoms with E-state index in [-0.39, 0.29) is 24.1 Å². The fourth-order valence-electron chi connectivity index (χ4n) is 3.89. The largest absolute Gasteiger partial charge is 0.493 e. The number of nitrogens with one attached hydrogen (secondary N) is 2. The predicted molar refractivity (Wildman–Crippen MR) is 119 cm³/mol. The molecule has 0 saturated heterocycles. The Bertz CT molecular complexity index is 1200. The Morgan fingerprint density at radius 2 is 1.74 bits per heavy atom. The highest BCUT2D eigenvalue weighted by molar-refractivity contribution is 5.93. The van der Waals surface area contributed by atoms with Gasteiger partial charge in [0.2, 0.25) is 5.91 Å². The molecule has 3 aromatic carbocycles. The van der Waals surface area contributed by atoms with Crippen LogP contribution in [0, 0.1) is 5.82 Å². The molecule has 4 rings (SSSR count). The summed E-state index contributed by atoms with van der Waals surface area (Å²) in [4.78, 5) is 16.3. The second kappa shape index (κ2) is 8.92. The second-order valence-corrected chi connectivity index (χ2v) is 7.18. The van der Waals surface area contributed by atoms with E-state index < -0.39 is 0 Å². The van der Waals surface area contributed by atoms with Gasteiger partial charge >= 0.3 is 0 Å².